The number of phenols is 1. The molecule has 0 saturated carbocycles. The van der Waals surface area contributed by atoms with Crippen LogP contribution in [0.4, 0.5) is 0 Å². The Kier molecular flexibility index (Phi) is 12.2. The van der Waals surface area contributed by atoms with E-state index in [0.717, 1.165) is 42.0 Å². The zero-order valence-corrected chi connectivity index (χ0v) is 33.4. The van der Waals surface area contributed by atoms with Gasteiger partial charge in [0.1, 0.15) is 11.5 Å². The van der Waals surface area contributed by atoms with Crippen molar-refractivity contribution in [1.82, 2.24) is 25.4 Å². The Morgan fingerprint density at radius 1 is 0.831 bits per heavy atom. The number of rotatable bonds is 17. The number of pyridine rings is 1. The van der Waals surface area contributed by atoms with Gasteiger partial charge < -0.3 is 35.6 Å². The predicted molar refractivity (Wildman–Crippen MR) is 228 cm³/mol. The molecule has 4 aromatic carbocycles. The number of carbonyl (C=O) groups excluding carboxylic acids is 3. The minimum Gasteiger partial charge on any atom is -0.506 e. The molecule has 5 heterocycles. The minimum absolute atomic E-state index is 0.0414. The molecule has 0 spiro atoms. The fourth-order valence-corrected chi connectivity index (χ4v) is 9.35. The smallest absolute Gasteiger partial charge is 0.253 e. The number of nitrogens with zero attached hydrogens (tertiary/aromatic N) is 2. The van der Waals surface area contributed by atoms with Gasteiger partial charge in [-0.25, -0.2) is 0 Å². The molecule has 2 bridgehead atoms. The number of piperidine rings is 3. The average molecular weight is 796 g/mol. The Bertz CT molecular complexity index is 2330. The monoisotopic (exact) mass is 795 g/mol. The van der Waals surface area contributed by atoms with Crippen molar-refractivity contribution >= 4 is 28.4 Å². The molecule has 1 amide bonds. The molecule has 11 heteroatoms. The summed E-state index contributed by atoms with van der Waals surface area (Å²) >= 11 is 0. The molecule has 2 atom stereocenters. The summed E-state index contributed by atoms with van der Waals surface area (Å²) in [5.41, 5.74) is 4.13. The van der Waals surface area contributed by atoms with Gasteiger partial charge in [0.2, 0.25) is 5.56 Å². The van der Waals surface area contributed by atoms with E-state index < -0.39 is 11.5 Å². The number of H-pyrrole nitrogens is 1. The molecule has 0 unspecified atom stereocenters. The molecule has 306 valence electrons. The summed E-state index contributed by atoms with van der Waals surface area (Å²) in [5.74, 6) is 1.32. The maximum Gasteiger partial charge on any atom is 0.253 e. The maximum atomic E-state index is 13.9. The molecule has 4 fully saturated rings. The van der Waals surface area contributed by atoms with E-state index in [0.29, 0.717) is 72.7 Å². The summed E-state index contributed by atoms with van der Waals surface area (Å²) in [5, 5.41) is 28.0. The summed E-state index contributed by atoms with van der Waals surface area (Å²) < 4.78 is 0. The van der Waals surface area contributed by atoms with Crippen molar-refractivity contribution in [3.05, 3.63) is 147 Å². The lowest BCUT2D eigenvalue weighted by atomic mass is 9.68. The number of aromatic nitrogens is 1. The van der Waals surface area contributed by atoms with E-state index in [2.05, 4.69) is 20.5 Å². The van der Waals surface area contributed by atoms with E-state index in [-0.39, 0.29) is 35.3 Å². The van der Waals surface area contributed by atoms with E-state index in [1.165, 1.54) is 38.1 Å². The second-order valence-electron chi connectivity index (χ2n) is 16.6. The van der Waals surface area contributed by atoms with Gasteiger partial charge in [-0.3, -0.25) is 19.2 Å². The average Bonchev–Trinajstić information content (AvgIpc) is 3.25. The van der Waals surface area contributed by atoms with Crippen LogP contribution < -0.4 is 16.2 Å². The van der Waals surface area contributed by atoms with Gasteiger partial charge in [-0.15, -0.1) is 0 Å². The molecule has 5 aromatic rings. The van der Waals surface area contributed by atoms with Crippen molar-refractivity contribution in [2.75, 3.05) is 52.4 Å². The van der Waals surface area contributed by atoms with Gasteiger partial charge >= 0.3 is 0 Å². The Balaban J connectivity index is 0.769. The van der Waals surface area contributed by atoms with Gasteiger partial charge in [0.15, 0.2) is 5.78 Å². The number of aliphatic hydroxyl groups is 1. The number of nitrogens with one attached hydrogen (secondary N) is 3. The number of benzene rings is 4. The number of amides is 1. The Morgan fingerprint density at radius 2 is 1.54 bits per heavy atom. The lowest BCUT2D eigenvalue weighted by Gasteiger charge is -2.50. The maximum absolute atomic E-state index is 13.9. The zero-order chi connectivity index (χ0) is 40.9. The fourth-order valence-electron chi connectivity index (χ4n) is 9.35. The van der Waals surface area contributed by atoms with Crippen LogP contribution in [0.3, 0.4) is 0 Å². The van der Waals surface area contributed by atoms with Crippen molar-refractivity contribution in [2.24, 2.45) is 11.8 Å². The number of hydrogen-bond acceptors (Lipinski definition) is 9. The van der Waals surface area contributed by atoms with E-state index in [9.17, 15) is 29.4 Å². The number of ketones is 2. The minimum atomic E-state index is -0.820. The lowest BCUT2D eigenvalue weighted by molar-refractivity contribution is -0.130. The van der Waals surface area contributed by atoms with E-state index in [1.54, 1.807) is 41.3 Å². The Morgan fingerprint density at radius 3 is 2.25 bits per heavy atom. The summed E-state index contributed by atoms with van der Waals surface area (Å²) in [7, 11) is 0. The summed E-state index contributed by atoms with van der Waals surface area (Å²) in [6.07, 6.45) is 3.88. The molecule has 1 aromatic heterocycles. The normalized spacial score (nSPS) is 19.9. The summed E-state index contributed by atoms with van der Waals surface area (Å²) in [6.45, 7) is 5.85. The first-order chi connectivity index (χ1) is 28.7. The molecule has 4 aliphatic rings. The number of aromatic amines is 1. The number of aromatic hydroxyl groups is 1. The van der Waals surface area contributed by atoms with Crippen LogP contribution in [0.2, 0.25) is 0 Å². The van der Waals surface area contributed by atoms with Crippen LogP contribution in [0.15, 0.2) is 108 Å². The Hall–Kier alpha value is -5.46. The van der Waals surface area contributed by atoms with Gasteiger partial charge in [-0.1, -0.05) is 72.8 Å². The highest BCUT2D eigenvalue weighted by Crippen LogP contribution is 2.40. The molecule has 5 N–H and O–H groups in total. The largest absolute Gasteiger partial charge is 0.506 e. The van der Waals surface area contributed by atoms with Crippen LogP contribution in [0, 0.1) is 11.8 Å². The molecule has 0 radical (unpaired) electrons. The standard InChI is InChI=1S/C48H53N5O6/c54-41-17-15-39(40-16-19-45(58)51-46(40)41)43(56)28-49-23-20-32-6-8-33(9-7-32)26-50-27-42(55)35-10-12-36(13-11-35)47(59)53-30-48(31-53,38-4-2-1-3-5-38)44(57)18-14-37-29-52-24-21-34(37)22-25-52/h1-13,15-17,19,34,37,43,49-50,54,56H,14,18,20-31H2,(H,51,58)/t37-,43-/m0/s1. The van der Waals surface area contributed by atoms with Gasteiger partial charge in [0.05, 0.1) is 23.6 Å². The number of Topliss-reactive ketones (excluding diaryl/α,β-unsaturated/α-hetero) is 2. The molecular weight excluding hydrogens is 743 g/mol. The third-order valence-corrected chi connectivity index (χ3v) is 12.9. The van der Waals surface area contributed by atoms with Crippen LogP contribution in [-0.2, 0) is 23.2 Å². The number of likely N-dealkylation sites (tertiary alicyclic amines) is 1. The molecular formula is C48H53N5O6. The van der Waals surface area contributed by atoms with E-state index in [1.807, 2.05) is 54.6 Å². The molecule has 4 saturated heterocycles. The number of fused-ring (bicyclic) bond motifs is 4. The molecule has 0 aliphatic carbocycles. The Labute approximate surface area is 344 Å². The highest BCUT2D eigenvalue weighted by Gasteiger charge is 2.51. The van der Waals surface area contributed by atoms with E-state index >= 15 is 0 Å². The second-order valence-corrected chi connectivity index (χ2v) is 16.6. The summed E-state index contributed by atoms with van der Waals surface area (Å²) in [4.78, 5) is 59.2. The molecule has 9 rings (SSSR count). The topological polar surface area (TPSA) is 155 Å². The van der Waals surface area contributed by atoms with Crippen molar-refractivity contribution in [1.29, 1.82) is 0 Å². The molecule has 59 heavy (non-hydrogen) atoms. The zero-order valence-electron chi connectivity index (χ0n) is 33.4. The fraction of sp³-hybridized carbons (Fsp3) is 0.375. The van der Waals surface area contributed by atoms with Crippen molar-refractivity contribution < 1.29 is 24.6 Å². The van der Waals surface area contributed by atoms with Crippen molar-refractivity contribution in [3.8, 4) is 5.75 Å². The molecule has 4 aliphatic heterocycles. The van der Waals surface area contributed by atoms with Crippen LogP contribution in [-0.4, -0.2) is 94.8 Å². The van der Waals surface area contributed by atoms with Gasteiger partial charge in [-0.2, -0.15) is 0 Å². The van der Waals surface area contributed by atoms with Crippen LogP contribution in [0.5, 0.6) is 5.75 Å². The van der Waals surface area contributed by atoms with Crippen molar-refractivity contribution in [3.63, 3.8) is 0 Å². The highest BCUT2D eigenvalue weighted by molar-refractivity contribution is 6.01. The van der Waals surface area contributed by atoms with Crippen LogP contribution in [0.25, 0.3) is 10.9 Å². The van der Waals surface area contributed by atoms with E-state index in [4.69, 9.17) is 0 Å². The lowest BCUT2D eigenvalue weighted by Crippen LogP contribution is -2.65. The van der Waals surface area contributed by atoms with Gasteiger partial charge in [0, 0.05) is 61.7 Å². The van der Waals surface area contributed by atoms with Crippen LogP contribution >= 0.6 is 0 Å². The predicted octanol–water partition coefficient (Wildman–Crippen LogP) is 5.16. The first-order valence-electron chi connectivity index (χ1n) is 20.9. The number of aliphatic hydroxyl groups excluding tert-OH is 1. The number of carbonyl (C=O) groups is 3. The van der Waals surface area contributed by atoms with Gasteiger partial charge in [0.25, 0.3) is 5.91 Å². The van der Waals surface area contributed by atoms with Crippen molar-refractivity contribution in [2.45, 2.75) is 50.2 Å². The van der Waals surface area contributed by atoms with Crippen LogP contribution in [0.1, 0.15) is 74.8 Å². The number of hydrogen-bond donors (Lipinski definition) is 5. The third kappa shape index (κ3) is 8.94. The molecule has 11 nitrogen and oxygen atoms in total. The van der Waals surface area contributed by atoms with Gasteiger partial charge in [-0.05, 0) is 104 Å². The first-order valence-corrected chi connectivity index (χ1v) is 20.9. The first kappa shape index (κ1) is 40.3. The number of phenolic OH excluding ortho intramolecular Hbond substituents is 1. The second kappa shape index (κ2) is 17.8. The SMILES string of the molecule is O=C(CNCc1ccc(CCNC[C@H](O)c2ccc(O)c3[nH]c(=O)ccc23)cc1)c1ccc(C(=O)N2CC(C(=O)CC[C@H]3CN4CCC3CC4)(c3ccccc3)C2)cc1. The quantitative estimate of drug-likeness (QED) is 0.0635. The summed E-state index contributed by atoms with van der Waals surface area (Å²) in [6, 6.07) is 31.0. The third-order valence-electron chi connectivity index (χ3n) is 12.9. The highest BCUT2D eigenvalue weighted by atomic mass is 16.3.